The highest BCUT2D eigenvalue weighted by atomic mass is 16.5. The number of benzene rings is 1. The number of ether oxygens (including phenoxy) is 1. The Bertz CT molecular complexity index is 475. The van der Waals surface area contributed by atoms with Gasteiger partial charge in [-0.25, -0.2) is 4.79 Å². The maximum Gasteiger partial charge on any atom is 0.338 e. The molecule has 1 amide bonds. The van der Waals surface area contributed by atoms with Crippen molar-refractivity contribution in [1.29, 1.82) is 0 Å². The number of esters is 1. The fourth-order valence-electron chi connectivity index (χ4n) is 2.36. The van der Waals surface area contributed by atoms with Crippen molar-refractivity contribution in [1.82, 2.24) is 5.32 Å². The molecular weight excluding hydrogens is 254 g/mol. The summed E-state index contributed by atoms with van der Waals surface area (Å²) in [5.74, 6) is -0.670. The van der Waals surface area contributed by atoms with Crippen LogP contribution in [0.2, 0.25) is 0 Å². The first-order valence-electron chi connectivity index (χ1n) is 7.14. The van der Waals surface area contributed by atoms with E-state index in [0.29, 0.717) is 5.56 Å². The molecule has 1 aliphatic carbocycles. The lowest BCUT2D eigenvalue weighted by molar-refractivity contribution is -0.129. The van der Waals surface area contributed by atoms with Gasteiger partial charge >= 0.3 is 5.97 Å². The Labute approximate surface area is 119 Å². The molecule has 0 saturated heterocycles. The Morgan fingerprint density at radius 2 is 1.80 bits per heavy atom. The number of rotatable bonds is 4. The van der Waals surface area contributed by atoms with Crippen molar-refractivity contribution in [2.45, 2.75) is 51.7 Å². The Hall–Kier alpha value is -1.84. The minimum absolute atomic E-state index is 0.211. The van der Waals surface area contributed by atoms with Gasteiger partial charge in [-0.05, 0) is 38.8 Å². The van der Waals surface area contributed by atoms with Gasteiger partial charge in [-0.3, -0.25) is 4.79 Å². The van der Waals surface area contributed by atoms with Crippen LogP contribution < -0.4 is 5.32 Å². The number of carbonyl (C=O) groups excluding carboxylic acids is 2. The van der Waals surface area contributed by atoms with Crippen LogP contribution in [-0.2, 0) is 9.53 Å². The molecule has 1 aliphatic rings. The SMILES string of the molecule is Cc1ccc(C(=O)O[C@H](C)C(=O)NC2CCCC2)cc1. The lowest BCUT2D eigenvalue weighted by Gasteiger charge is -2.17. The quantitative estimate of drug-likeness (QED) is 0.859. The van der Waals surface area contributed by atoms with Crippen LogP contribution in [0.25, 0.3) is 0 Å². The summed E-state index contributed by atoms with van der Waals surface area (Å²) in [6.07, 6.45) is 3.59. The van der Waals surface area contributed by atoms with Crippen molar-refractivity contribution < 1.29 is 14.3 Å². The topological polar surface area (TPSA) is 55.4 Å². The van der Waals surface area contributed by atoms with Crippen molar-refractivity contribution >= 4 is 11.9 Å². The first kappa shape index (κ1) is 14.6. The maximum absolute atomic E-state index is 11.9. The van der Waals surface area contributed by atoms with E-state index in [1.807, 2.05) is 19.1 Å². The summed E-state index contributed by atoms with van der Waals surface area (Å²) in [6, 6.07) is 7.35. The second kappa shape index (κ2) is 6.55. The monoisotopic (exact) mass is 275 g/mol. The van der Waals surface area contributed by atoms with E-state index < -0.39 is 12.1 Å². The number of amides is 1. The minimum Gasteiger partial charge on any atom is -0.449 e. The Kier molecular flexibility index (Phi) is 4.77. The standard InChI is InChI=1S/C16H21NO3/c1-11-7-9-13(10-8-11)16(19)20-12(2)15(18)17-14-5-3-4-6-14/h7-10,12,14H,3-6H2,1-2H3,(H,17,18)/t12-/m1/s1. The minimum atomic E-state index is -0.760. The number of carbonyl (C=O) groups is 2. The van der Waals surface area contributed by atoms with E-state index >= 15 is 0 Å². The molecule has 0 spiro atoms. The maximum atomic E-state index is 11.9. The highest BCUT2D eigenvalue weighted by Crippen LogP contribution is 2.17. The smallest absolute Gasteiger partial charge is 0.338 e. The van der Waals surface area contributed by atoms with Crippen LogP contribution in [0.5, 0.6) is 0 Å². The number of nitrogens with one attached hydrogen (secondary N) is 1. The second-order valence-corrected chi connectivity index (χ2v) is 5.40. The van der Waals surface area contributed by atoms with Gasteiger partial charge < -0.3 is 10.1 Å². The van der Waals surface area contributed by atoms with Crippen molar-refractivity contribution in [3.63, 3.8) is 0 Å². The Balaban J connectivity index is 1.86. The molecule has 0 unspecified atom stereocenters. The van der Waals surface area contributed by atoms with Gasteiger partial charge in [0, 0.05) is 6.04 Å². The van der Waals surface area contributed by atoms with E-state index in [0.717, 1.165) is 31.2 Å². The van der Waals surface area contributed by atoms with Gasteiger partial charge in [0.05, 0.1) is 5.56 Å². The zero-order valence-corrected chi connectivity index (χ0v) is 12.0. The lowest BCUT2D eigenvalue weighted by Crippen LogP contribution is -2.40. The van der Waals surface area contributed by atoms with Crippen molar-refractivity contribution in [3.05, 3.63) is 35.4 Å². The molecule has 0 bridgehead atoms. The summed E-state index contributed by atoms with van der Waals surface area (Å²) in [5.41, 5.74) is 1.55. The predicted molar refractivity (Wildman–Crippen MR) is 76.5 cm³/mol. The van der Waals surface area contributed by atoms with Crippen LogP contribution >= 0.6 is 0 Å². The fourth-order valence-corrected chi connectivity index (χ4v) is 2.36. The molecule has 0 radical (unpaired) electrons. The second-order valence-electron chi connectivity index (χ2n) is 5.40. The zero-order chi connectivity index (χ0) is 14.5. The third kappa shape index (κ3) is 3.83. The molecule has 0 aromatic heterocycles. The number of aryl methyl sites for hydroxylation is 1. The fraction of sp³-hybridized carbons (Fsp3) is 0.500. The van der Waals surface area contributed by atoms with E-state index in [9.17, 15) is 9.59 Å². The van der Waals surface area contributed by atoms with E-state index in [4.69, 9.17) is 4.74 Å². The molecule has 1 aromatic rings. The van der Waals surface area contributed by atoms with Crippen LogP contribution in [0.3, 0.4) is 0 Å². The average Bonchev–Trinajstić information content (AvgIpc) is 2.92. The summed E-state index contributed by atoms with van der Waals surface area (Å²) >= 11 is 0. The molecule has 108 valence electrons. The summed E-state index contributed by atoms with van der Waals surface area (Å²) in [5, 5.41) is 2.93. The summed E-state index contributed by atoms with van der Waals surface area (Å²) < 4.78 is 5.20. The molecular formula is C16H21NO3. The molecule has 1 N–H and O–H groups in total. The van der Waals surface area contributed by atoms with Crippen LogP contribution in [0.1, 0.15) is 48.5 Å². The number of hydrogen-bond acceptors (Lipinski definition) is 3. The van der Waals surface area contributed by atoms with E-state index in [-0.39, 0.29) is 11.9 Å². The molecule has 0 heterocycles. The van der Waals surface area contributed by atoms with Crippen molar-refractivity contribution in [2.75, 3.05) is 0 Å². The van der Waals surface area contributed by atoms with Crippen LogP contribution in [0.15, 0.2) is 24.3 Å². The Morgan fingerprint density at radius 3 is 2.40 bits per heavy atom. The lowest BCUT2D eigenvalue weighted by atomic mass is 10.1. The van der Waals surface area contributed by atoms with Crippen molar-refractivity contribution in [2.24, 2.45) is 0 Å². The number of hydrogen-bond donors (Lipinski definition) is 1. The average molecular weight is 275 g/mol. The molecule has 0 aliphatic heterocycles. The third-order valence-corrected chi connectivity index (χ3v) is 3.64. The van der Waals surface area contributed by atoms with Gasteiger partial charge in [-0.2, -0.15) is 0 Å². The van der Waals surface area contributed by atoms with Crippen LogP contribution in [-0.4, -0.2) is 24.0 Å². The first-order chi connectivity index (χ1) is 9.56. The molecule has 1 aromatic carbocycles. The highest BCUT2D eigenvalue weighted by molar-refractivity contribution is 5.92. The molecule has 4 nitrogen and oxygen atoms in total. The van der Waals surface area contributed by atoms with Gasteiger partial charge in [-0.15, -0.1) is 0 Å². The summed E-state index contributed by atoms with van der Waals surface area (Å²) in [6.45, 7) is 3.56. The van der Waals surface area contributed by atoms with Gasteiger partial charge in [0.25, 0.3) is 5.91 Å². The van der Waals surface area contributed by atoms with Crippen LogP contribution in [0, 0.1) is 6.92 Å². The van der Waals surface area contributed by atoms with Gasteiger partial charge in [0.1, 0.15) is 0 Å². The third-order valence-electron chi connectivity index (χ3n) is 3.64. The summed E-state index contributed by atoms with van der Waals surface area (Å²) in [7, 11) is 0. The zero-order valence-electron chi connectivity index (χ0n) is 12.0. The van der Waals surface area contributed by atoms with E-state index in [2.05, 4.69) is 5.32 Å². The van der Waals surface area contributed by atoms with Gasteiger partial charge in [-0.1, -0.05) is 30.5 Å². The molecule has 1 atom stereocenters. The van der Waals surface area contributed by atoms with Gasteiger partial charge in [0.2, 0.25) is 0 Å². The largest absolute Gasteiger partial charge is 0.449 e. The summed E-state index contributed by atoms with van der Waals surface area (Å²) in [4.78, 5) is 23.8. The molecule has 20 heavy (non-hydrogen) atoms. The predicted octanol–water partition coefficient (Wildman–Crippen LogP) is 2.60. The normalized spacial score (nSPS) is 16.7. The highest BCUT2D eigenvalue weighted by Gasteiger charge is 2.23. The molecule has 4 heteroatoms. The van der Waals surface area contributed by atoms with Crippen molar-refractivity contribution in [3.8, 4) is 0 Å². The van der Waals surface area contributed by atoms with E-state index in [1.54, 1.807) is 19.1 Å². The molecule has 1 saturated carbocycles. The Morgan fingerprint density at radius 1 is 1.20 bits per heavy atom. The van der Waals surface area contributed by atoms with E-state index in [1.165, 1.54) is 0 Å². The first-order valence-corrected chi connectivity index (χ1v) is 7.14. The van der Waals surface area contributed by atoms with Gasteiger partial charge in [0.15, 0.2) is 6.10 Å². The molecule has 2 rings (SSSR count). The van der Waals surface area contributed by atoms with Crippen LogP contribution in [0.4, 0.5) is 0 Å². The molecule has 1 fully saturated rings.